The van der Waals surface area contributed by atoms with Crippen molar-refractivity contribution in [1.29, 1.82) is 0 Å². The van der Waals surface area contributed by atoms with Crippen molar-refractivity contribution in [2.75, 3.05) is 13.6 Å². The molecule has 0 radical (unpaired) electrons. The SMILES string of the molecule is Cc1n[nH]c(C)c1CCN(C)C(=O)NC(c1ccccn1)C(F)(F)F. The van der Waals surface area contributed by atoms with Crippen LogP contribution in [0.25, 0.3) is 0 Å². The fourth-order valence-corrected chi connectivity index (χ4v) is 2.43. The topological polar surface area (TPSA) is 73.9 Å². The maximum absolute atomic E-state index is 13.3. The van der Waals surface area contributed by atoms with Crippen LogP contribution in [0.1, 0.15) is 28.7 Å². The predicted octanol–water partition coefficient (Wildman–Crippen LogP) is 2.91. The molecule has 2 rings (SSSR count). The Hall–Kier alpha value is -2.58. The van der Waals surface area contributed by atoms with Crippen LogP contribution < -0.4 is 5.32 Å². The lowest BCUT2D eigenvalue weighted by Gasteiger charge is -2.25. The number of hydrogen-bond acceptors (Lipinski definition) is 3. The van der Waals surface area contributed by atoms with E-state index >= 15 is 0 Å². The van der Waals surface area contributed by atoms with Crippen LogP contribution in [0, 0.1) is 13.8 Å². The number of aryl methyl sites for hydroxylation is 2. The second-order valence-electron chi connectivity index (χ2n) is 5.76. The number of H-pyrrole nitrogens is 1. The lowest BCUT2D eigenvalue weighted by molar-refractivity contribution is -0.156. The van der Waals surface area contributed by atoms with Crippen LogP contribution in [0.4, 0.5) is 18.0 Å². The minimum atomic E-state index is -4.64. The Bertz CT molecular complexity index is 695. The molecule has 136 valence electrons. The van der Waals surface area contributed by atoms with Crippen molar-refractivity contribution < 1.29 is 18.0 Å². The number of nitrogens with zero attached hydrogens (tertiary/aromatic N) is 3. The third-order valence-electron chi connectivity index (χ3n) is 3.90. The molecule has 1 atom stereocenters. The van der Waals surface area contributed by atoms with E-state index in [0.717, 1.165) is 17.0 Å². The molecule has 0 aliphatic carbocycles. The fraction of sp³-hybridized carbons (Fsp3) is 0.438. The van der Waals surface area contributed by atoms with Gasteiger partial charge >= 0.3 is 12.2 Å². The van der Waals surface area contributed by atoms with E-state index in [9.17, 15) is 18.0 Å². The highest BCUT2D eigenvalue weighted by atomic mass is 19.4. The second kappa shape index (κ2) is 7.54. The molecule has 2 amide bonds. The first-order valence-corrected chi connectivity index (χ1v) is 7.70. The molecule has 2 aromatic rings. The van der Waals surface area contributed by atoms with Gasteiger partial charge in [0.05, 0.1) is 11.4 Å². The van der Waals surface area contributed by atoms with Gasteiger partial charge in [-0.1, -0.05) is 6.07 Å². The number of rotatable bonds is 5. The Balaban J connectivity index is 2.03. The second-order valence-corrected chi connectivity index (χ2v) is 5.76. The predicted molar refractivity (Wildman–Crippen MR) is 86.0 cm³/mol. The van der Waals surface area contributed by atoms with E-state index in [0.29, 0.717) is 6.42 Å². The number of carbonyl (C=O) groups is 1. The van der Waals surface area contributed by atoms with Gasteiger partial charge in [-0.3, -0.25) is 10.1 Å². The lowest BCUT2D eigenvalue weighted by Crippen LogP contribution is -2.45. The van der Waals surface area contributed by atoms with Crippen molar-refractivity contribution in [3.63, 3.8) is 0 Å². The number of carbonyl (C=O) groups excluding carboxylic acids is 1. The number of alkyl halides is 3. The van der Waals surface area contributed by atoms with E-state index in [-0.39, 0.29) is 12.2 Å². The summed E-state index contributed by atoms with van der Waals surface area (Å²) in [6.07, 6.45) is -2.88. The smallest absolute Gasteiger partial charge is 0.328 e. The van der Waals surface area contributed by atoms with Gasteiger partial charge in [-0.15, -0.1) is 0 Å². The zero-order valence-corrected chi connectivity index (χ0v) is 14.2. The van der Waals surface area contributed by atoms with Gasteiger partial charge in [-0.25, -0.2) is 4.79 Å². The van der Waals surface area contributed by atoms with Gasteiger partial charge < -0.3 is 10.2 Å². The monoisotopic (exact) mass is 355 g/mol. The Labute approximate surface area is 143 Å². The van der Waals surface area contributed by atoms with E-state index in [1.54, 1.807) is 0 Å². The van der Waals surface area contributed by atoms with Crippen molar-refractivity contribution in [3.8, 4) is 0 Å². The Morgan fingerprint density at radius 2 is 2.08 bits per heavy atom. The minimum Gasteiger partial charge on any atom is -0.328 e. The summed E-state index contributed by atoms with van der Waals surface area (Å²) in [4.78, 5) is 17.1. The Morgan fingerprint density at radius 3 is 2.60 bits per heavy atom. The molecule has 0 aromatic carbocycles. The molecule has 9 heteroatoms. The number of aromatic amines is 1. The van der Waals surface area contributed by atoms with E-state index in [1.165, 1.54) is 36.3 Å². The third-order valence-corrected chi connectivity index (χ3v) is 3.90. The molecular weight excluding hydrogens is 335 g/mol. The Morgan fingerprint density at radius 1 is 1.36 bits per heavy atom. The number of hydrogen-bond donors (Lipinski definition) is 2. The maximum atomic E-state index is 13.3. The van der Waals surface area contributed by atoms with E-state index in [4.69, 9.17) is 0 Å². The van der Waals surface area contributed by atoms with Crippen LogP contribution in [0.5, 0.6) is 0 Å². The first kappa shape index (κ1) is 18.8. The van der Waals surface area contributed by atoms with Gasteiger partial charge in [0.2, 0.25) is 0 Å². The summed E-state index contributed by atoms with van der Waals surface area (Å²) in [5, 5.41) is 8.90. The summed E-state index contributed by atoms with van der Waals surface area (Å²) < 4.78 is 39.8. The van der Waals surface area contributed by atoms with Crippen molar-refractivity contribution in [3.05, 3.63) is 47.0 Å². The van der Waals surface area contributed by atoms with E-state index in [1.807, 2.05) is 19.2 Å². The number of halogens is 3. The molecule has 2 aromatic heterocycles. The number of urea groups is 1. The maximum Gasteiger partial charge on any atom is 0.414 e. The number of aromatic nitrogens is 3. The van der Waals surface area contributed by atoms with Gasteiger partial charge in [-0.2, -0.15) is 18.3 Å². The normalized spacial score (nSPS) is 12.7. The number of nitrogens with one attached hydrogen (secondary N) is 2. The summed E-state index contributed by atoms with van der Waals surface area (Å²) in [6.45, 7) is 3.95. The third kappa shape index (κ3) is 4.71. The molecule has 0 spiro atoms. The van der Waals surface area contributed by atoms with Crippen LogP contribution in [0.3, 0.4) is 0 Å². The lowest BCUT2D eigenvalue weighted by atomic mass is 10.1. The van der Waals surface area contributed by atoms with Crippen LogP contribution >= 0.6 is 0 Å². The molecule has 0 saturated carbocycles. The van der Waals surface area contributed by atoms with Crippen LogP contribution in [0.2, 0.25) is 0 Å². The molecule has 0 fully saturated rings. The largest absolute Gasteiger partial charge is 0.414 e. The summed E-state index contributed by atoms with van der Waals surface area (Å²) in [5.41, 5.74) is 2.40. The highest BCUT2D eigenvalue weighted by Crippen LogP contribution is 2.31. The van der Waals surface area contributed by atoms with Crippen molar-refractivity contribution in [2.24, 2.45) is 0 Å². The first-order chi connectivity index (χ1) is 11.7. The van der Waals surface area contributed by atoms with Gasteiger partial charge in [0.1, 0.15) is 0 Å². The van der Waals surface area contributed by atoms with Gasteiger partial charge in [0.15, 0.2) is 6.04 Å². The van der Waals surface area contributed by atoms with Crippen LogP contribution in [0.15, 0.2) is 24.4 Å². The van der Waals surface area contributed by atoms with Crippen molar-refractivity contribution >= 4 is 6.03 Å². The highest BCUT2D eigenvalue weighted by molar-refractivity contribution is 5.74. The fourth-order valence-electron chi connectivity index (χ4n) is 2.43. The molecule has 0 bridgehead atoms. The molecule has 1 unspecified atom stereocenters. The number of likely N-dealkylation sites (N-methyl/N-ethyl adjacent to an activating group) is 1. The highest BCUT2D eigenvalue weighted by Gasteiger charge is 2.43. The zero-order valence-electron chi connectivity index (χ0n) is 14.2. The van der Waals surface area contributed by atoms with Gasteiger partial charge in [0, 0.05) is 25.5 Å². The first-order valence-electron chi connectivity index (χ1n) is 7.70. The van der Waals surface area contributed by atoms with Crippen molar-refractivity contribution in [2.45, 2.75) is 32.5 Å². The van der Waals surface area contributed by atoms with Crippen LogP contribution in [-0.4, -0.2) is 45.9 Å². The van der Waals surface area contributed by atoms with E-state index < -0.39 is 18.2 Å². The van der Waals surface area contributed by atoms with Crippen LogP contribution in [-0.2, 0) is 6.42 Å². The number of pyridine rings is 1. The summed E-state index contributed by atoms with van der Waals surface area (Å²) >= 11 is 0. The standard InChI is InChI=1S/C16H20F3N5O/c1-10-12(11(2)23-22-10)7-9-24(3)15(25)21-14(16(17,18)19)13-6-4-5-8-20-13/h4-6,8,14H,7,9H2,1-3H3,(H,21,25)(H,22,23). The Kier molecular flexibility index (Phi) is 5.66. The molecule has 0 aliphatic rings. The molecule has 6 nitrogen and oxygen atoms in total. The van der Waals surface area contributed by atoms with Gasteiger partial charge in [0.25, 0.3) is 0 Å². The summed E-state index contributed by atoms with van der Waals surface area (Å²) in [6, 6.07) is 1.23. The molecule has 25 heavy (non-hydrogen) atoms. The van der Waals surface area contributed by atoms with Gasteiger partial charge in [-0.05, 0) is 38.0 Å². The molecular formula is C16H20F3N5O. The quantitative estimate of drug-likeness (QED) is 0.866. The summed E-state index contributed by atoms with van der Waals surface area (Å²) in [5.74, 6) is 0. The summed E-state index contributed by atoms with van der Waals surface area (Å²) in [7, 11) is 1.45. The number of amides is 2. The molecule has 2 heterocycles. The average Bonchev–Trinajstić information content (AvgIpc) is 2.88. The van der Waals surface area contributed by atoms with E-state index in [2.05, 4.69) is 15.2 Å². The molecule has 0 saturated heterocycles. The minimum absolute atomic E-state index is 0.252. The van der Waals surface area contributed by atoms with Crippen molar-refractivity contribution in [1.82, 2.24) is 25.4 Å². The molecule has 2 N–H and O–H groups in total. The zero-order chi connectivity index (χ0) is 18.6. The molecule has 0 aliphatic heterocycles. The average molecular weight is 355 g/mol.